The first-order valence-corrected chi connectivity index (χ1v) is 9.69. The maximum Gasteiger partial charge on any atom is 0.238 e. The fraction of sp³-hybridized carbons (Fsp3) is 0.100. The summed E-state index contributed by atoms with van der Waals surface area (Å²) in [6, 6.07) is 16.9. The topological polar surface area (TPSA) is 115 Å². The molecular weight excluding hydrogens is 378 g/mol. The number of benzene rings is 2. The molecule has 2 N–H and O–H groups in total. The van der Waals surface area contributed by atoms with Gasteiger partial charge in [0.25, 0.3) is 0 Å². The summed E-state index contributed by atoms with van der Waals surface area (Å²) in [4.78, 5) is 4.50. The summed E-state index contributed by atoms with van der Waals surface area (Å²) in [5.41, 5.74) is 2.82. The van der Waals surface area contributed by atoms with E-state index in [4.69, 9.17) is 14.6 Å². The molecule has 0 bridgehead atoms. The Morgan fingerprint density at radius 2 is 1.57 bits per heavy atom. The number of nitriles is 1. The van der Waals surface area contributed by atoms with Gasteiger partial charge in [0.2, 0.25) is 15.9 Å². The van der Waals surface area contributed by atoms with Crippen molar-refractivity contribution in [3.05, 3.63) is 60.2 Å². The van der Waals surface area contributed by atoms with Gasteiger partial charge >= 0.3 is 0 Å². The first kappa shape index (κ1) is 19.4. The first-order valence-electron chi connectivity index (χ1n) is 8.14. The van der Waals surface area contributed by atoms with Gasteiger partial charge in [0.1, 0.15) is 11.8 Å². The van der Waals surface area contributed by atoms with Crippen molar-refractivity contribution in [3.8, 4) is 40.1 Å². The molecule has 0 fully saturated rings. The smallest absolute Gasteiger partial charge is 0.238 e. The quantitative estimate of drug-likeness (QED) is 0.710. The van der Waals surface area contributed by atoms with Crippen LogP contribution in [0.3, 0.4) is 0 Å². The number of ether oxygens (including phenoxy) is 2. The molecule has 7 nitrogen and oxygen atoms in total. The molecule has 0 radical (unpaired) electrons. The molecule has 3 rings (SSSR count). The van der Waals surface area contributed by atoms with E-state index in [0.717, 1.165) is 5.56 Å². The van der Waals surface area contributed by atoms with Gasteiger partial charge < -0.3 is 9.47 Å². The summed E-state index contributed by atoms with van der Waals surface area (Å²) in [5, 5.41) is 14.8. The third-order valence-corrected chi connectivity index (χ3v) is 5.09. The van der Waals surface area contributed by atoms with Crippen molar-refractivity contribution in [2.24, 2.45) is 5.14 Å². The van der Waals surface area contributed by atoms with Crippen molar-refractivity contribution in [3.63, 3.8) is 0 Å². The zero-order valence-electron chi connectivity index (χ0n) is 15.2. The van der Waals surface area contributed by atoms with Crippen LogP contribution in [0.4, 0.5) is 0 Å². The molecule has 1 aromatic heterocycles. The van der Waals surface area contributed by atoms with Gasteiger partial charge in [0.15, 0.2) is 0 Å². The lowest BCUT2D eigenvalue weighted by molar-refractivity contribution is 0.398. The Morgan fingerprint density at radius 1 is 0.964 bits per heavy atom. The molecule has 8 heteroatoms. The van der Waals surface area contributed by atoms with Crippen LogP contribution in [0.1, 0.15) is 5.56 Å². The lowest BCUT2D eigenvalue weighted by Gasteiger charge is -2.14. The second-order valence-electron chi connectivity index (χ2n) is 5.85. The van der Waals surface area contributed by atoms with Crippen LogP contribution in [0.5, 0.6) is 11.6 Å². The van der Waals surface area contributed by atoms with E-state index in [9.17, 15) is 13.7 Å². The van der Waals surface area contributed by atoms with E-state index in [0.29, 0.717) is 34.0 Å². The van der Waals surface area contributed by atoms with Gasteiger partial charge in [0.05, 0.1) is 30.4 Å². The molecule has 0 spiro atoms. The molecule has 0 aliphatic rings. The highest BCUT2D eigenvalue weighted by molar-refractivity contribution is 7.89. The number of rotatable bonds is 5. The fourth-order valence-corrected chi connectivity index (χ4v) is 3.29. The number of aromatic nitrogens is 1. The Hall–Kier alpha value is -3.41. The number of nitrogens with two attached hydrogens (primary N) is 1. The largest absolute Gasteiger partial charge is 0.497 e. The van der Waals surface area contributed by atoms with Crippen LogP contribution in [-0.2, 0) is 10.0 Å². The highest BCUT2D eigenvalue weighted by Gasteiger charge is 2.18. The van der Waals surface area contributed by atoms with Crippen molar-refractivity contribution < 1.29 is 17.9 Å². The Kier molecular flexibility index (Phi) is 5.31. The molecule has 0 atom stereocenters. The molecule has 2 aromatic carbocycles. The number of primary sulfonamides is 1. The summed E-state index contributed by atoms with van der Waals surface area (Å²) in [6.45, 7) is 0. The number of methoxy groups -OCH3 is 2. The zero-order chi connectivity index (χ0) is 20.3. The number of sulfonamides is 1. The van der Waals surface area contributed by atoms with E-state index >= 15 is 0 Å². The van der Waals surface area contributed by atoms with Crippen molar-refractivity contribution in [1.29, 1.82) is 5.26 Å². The normalized spacial score (nSPS) is 10.9. The lowest BCUT2D eigenvalue weighted by Crippen LogP contribution is -2.11. The minimum absolute atomic E-state index is 0.0118. The van der Waals surface area contributed by atoms with E-state index in [2.05, 4.69) is 11.1 Å². The van der Waals surface area contributed by atoms with Crippen LogP contribution in [0.15, 0.2) is 59.5 Å². The third-order valence-electron chi connectivity index (χ3n) is 4.16. The summed E-state index contributed by atoms with van der Waals surface area (Å²) in [5.74, 6) is 0.985. The number of nitrogens with zero attached hydrogens (tertiary/aromatic N) is 2. The standard InChI is InChI=1S/C20H17N3O4S/c1-26-16-7-3-14(4-8-16)20-19(15(12-21)11-18(23-20)27-2)13-5-9-17(10-6-13)28(22,24)25/h3-11H,1-2H3,(H2,22,24,25). The van der Waals surface area contributed by atoms with Crippen LogP contribution >= 0.6 is 0 Å². The Morgan fingerprint density at radius 3 is 2.07 bits per heavy atom. The molecule has 0 saturated heterocycles. The molecule has 0 aliphatic heterocycles. The predicted molar refractivity (Wildman–Crippen MR) is 104 cm³/mol. The van der Waals surface area contributed by atoms with E-state index in [1.54, 1.807) is 31.4 Å². The van der Waals surface area contributed by atoms with Crippen molar-refractivity contribution in [2.45, 2.75) is 4.90 Å². The van der Waals surface area contributed by atoms with Crippen molar-refractivity contribution in [1.82, 2.24) is 4.98 Å². The van der Waals surface area contributed by atoms with Gasteiger partial charge in [-0.2, -0.15) is 5.26 Å². The van der Waals surface area contributed by atoms with E-state index in [-0.39, 0.29) is 4.90 Å². The number of pyridine rings is 1. The van der Waals surface area contributed by atoms with Gasteiger partial charge in [0, 0.05) is 17.2 Å². The minimum Gasteiger partial charge on any atom is -0.497 e. The molecule has 0 unspecified atom stereocenters. The molecule has 0 amide bonds. The number of hydrogen-bond donors (Lipinski definition) is 1. The number of hydrogen-bond acceptors (Lipinski definition) is 6. The first-order chi connectivity index (χ1) is 13.4. The molecule has 1 heterocycles. The van der Waals surface area contributed by atoms with E-state index in [1.807, 2.05) is 12.1 Å². The van der Waals surface area contributed by atoms with Crippen LogP contribution in [0.2, 0.25) is 0 Å². The SMILES string of the molecule is COc1ccc(-c2nc(OC)cc(C#N)c2-c2ccc(S(N)(=O)=O)cc2)cc1. The van der Waals surface area contributed by atoms with Crippen LogP contribution in [0, 0.1) is 11.3 Å². The molecule has 28 heavy (non-hydrogen) atoms. The van der Waals surface area contributed by atoms with Crippen molar-refractivity contribution >= 4 is 10.0 Å². The van der Waals surface area contributed by atoms with Gasteiger partial charge in [-0.15, -0.1) is 0 Å². The second-order valence-corrected chi connectivity index (χ2v) is 7.41. The summed E-state index contributed by atoms with van der Waals surface area (Å²) in [6.07, 6.45) is 0. The van der Waals surface area contributed by atoms with Gasteiger partial charge in [-0.05, 0) is 42.0 Å². The maximum atomic E-state index is 11.5. The zero-order valence-corrected chi connectivity index (χ0v) is 16.0. The van der Waals surface area contributed by atoms with Crippen molar-refractivity contribution in [2.75, 3.05) is 14.2 Å². The lowest BCUT2D eigenvalue weighted by atomic mass is 9.95. The fourth-order valence-electron chi connectivity index (χ4n) is 2.78. The van der Waals surface area contributed by atoms with Gasteiger partial charge in [-0.1, -0.05) is 12.1 Å². The highest BCUT2D eigenvalue weighted by atomic mass is 32.2. The minimum atomic E-state index is -3.81. The molecule has 0 aliphatic carbocycles. The highest BCUT2D eigenvalue weighted by Crippen LogP contribution is 2.36. The average Bonchev–Trinajstić information content (AvgIpc) is 2.72. The summed E-state index contributed by atoms with van der Waals surface area (Å²) < 4.78 is 33.5. The molecule has 0 saturated carbocycles. The Balaban J connectivity index is 2.25. The molecule has 142 valence electrons. The summed E-state index contributed by atoms with van der Waals surface area (Å²) >= 11 is 0. The Labute approximate surface area is 163 Å². The summed E-state index contributed by atoms with van der Waals surface area (Å²) in [7, 11) is -0.764. The van der Waals surface area contributed by atoms with Crippen LogP contribution < -0.4 is 14.6 Å². The van der Waals surface area contributed by atoms with E-state index in [1.165, 1.54) is 25.3 Å². The van der Waals surface area contributed by atoms with Crippen LogP contribution in [0.25, 0.3) is 22.4 Å². The Bertz CT molecular complexity index is 1150. The predicted octanol–water partition coefficient (Wildman–Crippen LogP) is 2.95. The third kappa shape index (κ3) is 3.81. The monoisotopic (exact) mass is 395 g/mol. The molecular formula is C20H17N3O4S. The maximum absolute atomic E-state index is 11.5. The van der Waals surface area contributed by atoms with Gasteiger partial charge in [-0.3, -0.25) is 0 Å². The average molecular weight is 395 g/mol. The second kappa shape index (κ2) is 7.68. The van der Waals surface area contributed by atoms with Gasteiger partial charge in [-0.25, -0.2) is 18.5 Å². The van der Waals surface area contributed by atoms with Crippen LogP contribution in [-0.4, -0.2) is 27.6 Å². The molecule has 3 aromatic rings. The van der Waals surface area contributed by atoms with E-state index < -0.39 is 10.0 Å².